The van der Waals surface area contributed by atoms with Crippen molar-refractivity contribution in [3.8, 4) is 0 Å². The maximum Gasteiger partial charge on any atom is 0.254 e. The van der Waals surface area contributed by atoms with Crippen molar-refractivity contribution >= 4 is 11.7 Å². The second kappa shape index (κ2) is 3.89. The molecule has 0 aromatic carbocycles. The number of pyridine rings is 1. The van der Waals surface area contributed by atoms with Gasteiger partial charge in [-0.05, 0) is 12.1 Å². The van der Waals surface area contributed by atoms with Crippen molar-refractivity contribution in [2.45, 2.75) is 0 Å². The summed E-state index contributed by atoms with van der Waals surface area (Å²) in [5, 5.41) is 2.57. The molecule has 0 aliphatic heterocycles. The lowest BCUT2D eigenvalue weighted by Gasteiger charge is -2.14. The molecule has 0 radical (unpaired) electrons. The number of hydrogen-bond donors (Lipinski definition) is 1. The van der Waals surface area contributed by atoms with E-state index < -0.39 is 0 Å². The molecule has 1 N–H and O–H groups in total. The van der Waals surface area contributed by atoms with E-state index in [-0.39, 0.29) is 5.91 Å². The number of amides is 1. The van der Waals surface area contributed by atoms with Gasteiger partial charge in [0.1, 0.15) is 5.82 Å². The van der Waals surface area contributed by atoms with Crippen LogP contribution in [0, 0.1) is 0 Å². The second-order valence-corrected chi connectivity index (χ2v) is 2.85. The molecule has 4 nitrogen and oxygen atoms in total. The third-order valence-corrected chi connectivity index (χ3v) is 1.68. The van der Waals surface area contributed by atoms with Crippen molar-refractivity contribution in [1.29, 1.82) is 0 Å². The Morgan fingerprint density at radius 1 is 1.54 bits per heavy atom. The highest BCUT2D eigenvalue weighted by atomic mass is 16.1. The van der Waals surface area contributed by atoms with E-state index in [0.717, 1.165) is 0 Å². The van der Waals surface area contributed by atoms with Crippen molar-refractivity contribution in [3.05, 3.63) is 23.9 Å². The van der Waals surface area contributed by atoms with Gasteiger partial charge in [0.05, 0.1) is 5.56 Å². The average Bonchev–Trinajstić information content (AvgIpc) is 2.16. The summed E-state index contributed by atoms with van der Waals surface area (Å²) in [5.74, 6) is 0.568. The van der Waals surface area contributed by atoms with Crippen molar-refractivity contribution < 1.29 is 4.79 Å². The van der Waals surface area contributed by atoms with Gasteiger partial charge in [-0.25, -0.2) is 4.98 Å². The molecule has 1 heterocycles. The fraction of sp³-hybridized carbons (Fsp3) is 0.333. The third kappa shape index (κ3) is 1.96. The molecular formula is C9H13N3O. The van der Waals surface area contributed by atoms with Crippen molar-refractivity contribution in [1.82, 2.24) is 10.3 Å². The predicted molar refractivity (Wildman–Crippen MR) is 52.0 cm³/mol. The second-order valence-electron chi connectivity index (χ2n) is 2.85. The minimum Gasteiger partial charge on any atom is -0.362 e. The van der Waals surface area contributed by atoms with Crippen LogP contribution in [0.2, 0.25) is 0 Å². The summed E-state index contributed by atoms with van der Waals surface area (Å²) in [6.45, 7) is 0. The van der Waals surface area contributed by atoms with Crippen LogP contribution in [0.5, 0.6) is 0 Å². The third-order valence-electron chi connectivity index (χ3n) is 1.68. The molecule has 1 rings (SSSR count). The lowest BCUT2D eigenvalue weighted by molar-refractivity contribution is 0.0963. The first kappa shape index (κ1) is 9.51. The van der Waals surface area contributed by atoms with E-state index in [9.17, 15) is 4.79 Å². The highest BCUT2D eigenvalue weighted by Gasteiger charge is 2.10. The monoisotopic (exact) mass is 179 g/mol. The summed E-state index contributed by atoms with van der Waals surface area (Å²) < 4.78 is 0. The molecule has 0 saturated carbocycles. The van der Waals surface area contributed by atoms with Gasteiger partial charge in [-0.1, -0.05) is 0 Å². The van der Waals surface area contributed by atoms with Crippen LogP contribution in [0.3, 0.4) is 0 Å². The summed E-state index contributed by atoms with van der Waals surface area (Å²) in [7, 11) is 5.32. The molecule has 0 bridgehead atoms. The molecule has 13 heavy (non-hydrogen) atoms. The molecule has 1 amide bonds. The highest BCUT2D eigenvalue weighted by Crippen LogP contribution is 2.13. The molecule has 0 aliphatic carbocycles. The molecular weight excluding hydrogens is 166 g/mol. The summed E-state index contributed by atoms with van der Waals surface area (Å²) in [6.07, 6.45) is 1.67. The molecule has 0 atom stereocenters. The fourth-order valence-corrected chi connectivity index (χ4v) is 1.07. The zero-order valence-electron chi connectivity index (χ0n) is 8.03. The molecule has 0 unspecified atom stereocenters. The van der Waals surface area contributed by atoms with Crippen LogP contribution in [0.1, 0.15) is 10.4 Å². The van der Waals surface area contributed by atoms with E-state index in [0.29, 0.717) is 11.4 Å². The maximum atomic E-state index is 11.4. The standard InChI is InChI=1S/C9H13N3O/c1-10-9(13)7-5-4-6-11-8(7)12(2)3/h4-6H,1-3H3,(H,10,13). The van der Waals surface area contributed by atoms with Gasteiger partial charge in [0.2, 0.25) is 0 Å². The van der Waals surface area contributed by atoms with E-state index in [2.05, 4.69) is 10.3 Å². The van der Waals surface area contributed by atoms with E-state index >= 15 is 0 Å². The van der Waals surface area contributed by atoms with Crippen molar-refractivity contribution in [3.63, 3.8) is 0 Å². The van der Waals surface area contributed by atoms with Crippen LogP contribution in [-0.2, 0) is 0 Å². The molecule has 0 aliphatic rings. The maximum absolute atomic E-state index is 11.4. The highest BCUT2D eigenvalue weighted by molar-refractivity contribution is 5.98. The van der Waals surface area contributed by atoms with Crippen molar-refractivity contribution in [2.75, 3.05) is 26.0 Å². The zero-order chi connectivity index (χ0) is 9.84. The number of nitrogens with zero attached hydrogens (tertiary/aromatic N) is 2. The number of carbonyl (C=O) groups is 1. The van der Waals surface area contributed by atoms with Gasteiger partial charge in [0, 0.05) is 27.3 Å². The fourth-order valence-electron chi connectivity index (χ4n) is 1.07. The summed E-state index contributed by atoms with van der Waals surface area (Å²) in [6, 6.07) is 3.50. The Morgan fingerprint density at radius 2 is 2.23 bits per heavy atom. The zero-order valence-corrected chi connectivity index (χ0v) is 8.03. The Hall–Kier alpha value is -1.58. The van der Waals surface area contributed by atoms with Crippen LogP contribution in [0.4, 0.5) is 5.82 Å². The average molecular weight is 179 g/mol. The predicted octanol–water partition coefficient (Wildman–Crippen LogP) is 0.507. The number of hydrogen-bond acceptors (Lipinski definition) is 3. The Labute approximate surface area is 77.6 Å². The molecule has 4 heteroatoms. The van der Waals surface area contributed by atoms with Gasteiger partial charge in [-0.2, -0.15) is 0 Å². The van der Waals surface area contributed by atoms with Crippen molar-refractivity contribution in [2.24, 2.45) is 0 Å². The normalized spacial score (nSPS) is 9.46. The van der Waals surface area contributed by atoms with Gasteiger partial charge < -0.3 is 10.2 Å². The van der Waals surface area contributed by atoms with E-state index in [1.165, 1.54) is 0 Å². The molecule has 1 aromatic rings. The molecule has 0 fully saturated rings. The molecule has 0 spiro atoms. The summed E-state index contributed by atoms with van der Waals surface area (Å²) >= 11 is 0. The smallest absolute Gasteiger partial charge is 0.254 e. The Bertz CT molecular complexity index is 309. The first-order chi connectivity index (χ1) is 6.16. The van der Waals surface area contributed by atoms with E-state index in [1.54, 1.807) is 25.4 Å². The number of nitrogens with one attached hydrogen (secondary N) is 1. The Morgan fingerprint density at radius 3 is 2.77 bits per heavy atom. The summed E-state index contributed by atoms with van der Waals surface area (Å²) in [4.78, 5) is 17.3. The Balaban J connectivity index is 3.12. The van der Waals surface area contributed by atoms with Crippen LogP contribution < -0.4 is 10.2 Å². The lowest BCUT2D eigenvalue weighted by atomic mass is 10.2. The first-order valence-corrected chi connectivity index (χ1v) is 4.01. The number of carbonyl (C=O) groups excluding carboxylic acids is 1. The summed E-state index contributed by atoms with van der Waals surface area (Å²) in [5.41, 5.74) is 0.593. The Kier molecular flexibility index (Phi) is 2.84. The van der Waals surface area contributed by atoms with E-state index in [4.69, 9.17) is 0 Å². The van der Waals surface area contributed by atoms with Crippen LogP contribution in [0.15, 0.2) is 18.3 Å². The van der Waals surface area contributed by atoms with Gasteiger partial charge in [-0.3, -0.25) is 4.79 Å². The van der Waals surface area contributed by atoms with Gasteiger partial charge in [-0.15, -0.1) is 0 Å². The van der Waals surface area contributed by atoms with Crippen LogP contribution in [-0.4, -0.2) is 32.0 Å². The number of rotatable bonds is 2. The van der Waals surface area contributed by atoms with Gasteiger partial charge >= 0.3 is 0 Å². The largest absolute Gasteiger partial charge is 0.362 e. The number of aromatic nitrogens is 1. The molecule has 1 aromatic heterocycles. The molecule has 0 saturated heterocycles. The lowest BCUT2D eigenvalue weighted by Crippen LogP contribution is -2.22. The van der Waals surface area contributed by atoms with Crippen LogP contribution >= 0.6 is 0 Å². The number of anilines is 1. The first-order valence-electron chi connectivity index (χ1n) is 4.01. The van der Waals surface area contributed by atoms with Gasteiger partial charge in [0.25, 0.3) is 5.91 Å². The topological polar surface area (TPSA) is 45.2 Å². The van der Waals surface area contributed by atoms with Gasteiger partial charge in [0.15, 0.2) is 0 Å². The SMILES string of the molecule is CNC(=O)c1cccnc1N(C)C. The van der Waals surface area contributed by atoms with Crippen LogP contribution in [0.25, 0.3) is 0 Å². The molecule has 70 valence electrons. The minimum absolute atomic E-state index is 0.114. The quantitative estimate of drug-likeness (QED) is 0.719. The van der Waals surface area contributed by atoms with E-state index in [1.807, 2.05) is 19.0 Å². The minimum atomic E-state index is -0.114.